The lowest BCUT2D eigenvalue weighted by atomic mass is 10.1. The summed E-state index contributed by atoms with van der Waals surface area (Å²) in [7, 11) is 7.91. The van der Waals surface area contributed by atoms with E-state index in [1.807, 2.05) is 0 Å². The first-order valence-corrected chi connectivity index (χ1v) is 13.4. The minimum Gasteiger partial charge on any atom is -0.495 e. The van der Waals surface area contributed by atoms with Gasteiger partial charge in [0.1, 0.15) is 11.8 Å². The second kappa shape index (κ2) is 12.1. The van der Waals surface area contributed by atoms with E-state index < -0.39 is 0 Å². The van der Waals surface area contributed by atoms with Crippen LogP contribution in [-0.4, -0.2) is 56.1 Å². The van der Waals surface area contributed by atoms with Gasteiger partial charge in [-0.25, -0.2) is 0 Å². The lowest BCUT2D eigenvalue weighted by molar-refractivity contribution is 0.294. The number of hydrogen-bond donors (Lipinski definition) is 1. The summed E-state index contributed by atoms with van der Waals surface area (Å²) in [6.45, 7) is 3.06. The maximum absolute atomic E-state index is 9.77. The van der Waals surface area contributed by atoms with Gasteiger partial charge in [0.2, 0.25) is 0 Å². The summed E-state index contributed by atoms with van der Waals surface area (Å²) in [5.41, 5.74) is 4.88. The Balaban J connectivity index is 1.59. The molecule has 0 aliphatic rings. The number of methoxy groups -OCH3 is 1. The second-order valence-corrected chi connectivity index (χ2v) is 11.0. The van der Waals surface area contributed by atoms with Gasteiger partial charge in [0.15, 0.2) is 0 Å². The molecule has 1 N–H and O–H groups in total. The van der Waals surface area contributed by atoms with Crippen molar-refractivity contribution in [2.75, 3.05) is 46.7 Å². The van der Waals surface area contributed by atoms with Crippen molar-refractivity contribution >= 4 is 56.1 Å². The van der Waals surface area contributed by atoms with Crippen LogP contribution in [0.3, 0.4) is 0 Å². The number of benzene rings is 2. The number of pyridine rings is 1. The number of fused-ring (bicyclic) bond motifs is 1. The fraction of sp³-hybridized carbons (Fsp3) is 0.286. The highest BCUT2D eigenvalue weighted by Crippen LogP contribution is 2.41. The number of thiophene rings is 1. The molecule has 192 valence electrons. The summed E-state index contributed by atoms with van der Waals surface area (Å²) in [4.78, 5) is 10.2. The van der Waals surface area contributed by atoms with Crippen molar-refractivity contribution in [3.05, 3.63) is 69.8 Å². The van der Waals surface area contributed by atoms with Gasteiger partial charge in [0.25, 0.3) is 0 Å². The molecule has 0 aliphatic carbocycles. The zero-order chi connectivity index (χ0) is 26.5. The zero-order valence-electron chi connectivity index (χ0n) is 21.3. The summed E-state index contributed by atoms with van der Waals surface area (Å²) in [6, 6.07) is 16.3. The minimum absolute atomic E-state index is 0.417. The van der Waals surface area contributed by atoms with Gasteiger partial charge in [0.05, 0.1) is 44.3 Å². The van der Waals surface area contributed by atoms with Crippen molar-refractivity contribution in [2.45, 2.75) is 13.0 Å². The van der Waals surface area contributed by atoms with Crippen molar-refractivity contribution in [3.63, 3.8) is 0 Å². The Morgan fingerprint density at radius 2 is 1.81 bits per heavy atom. The van der Waals surface area contributed by atoms with E-state index in [9.17, 15) is 5.26 Å². The van der Waals surface area contributed by atoms with E-state index in [4.69, 9.17) is 27.9 Å². The molecule has 0 fully saturated rings. The lowest BCUT2D eigenvalue weighted by Crippen LogP contribution is -2.23. The molecule has 2 aromatic heterocycles. The average Bonchev–Trinajstić information content (AvgIpc) is 3.30. The van der Waals surface area contributed by atoms with Crippen molar-refractivity contribution < 1.29 is 4.74 Å². The van der Waals surface area contributed by atoms with E-state index in [1.165, 1.54) is 5.56 Å². The van der Waals surface area contributed by atoms with Gasteiger partial charge in [-0.1, -0.05) is 47.5 Å². The van der Waals surface area contributed by atoms with E-state index in [0.29, 0.717) is 32.7 Å². The van der Waals surface area contributed by atoms with Gasteiger partial charge in [-0.05, 0) is 63.9 Å². The molecule has 2 aromatic carbocycles. The van der Waals surface area contributed by atoms with Crippen LogP contribution in [0.15, 0.2) is 48.7 Å². The van der Waals surface area contributed by atoms with Crippen LogP contribution in [0, 0.1) is 11.3 Å². The van der Waals surface area contributed by atoms with E-state index in [-0.39, 0.29) is 0 Å². The van der Waals surface area contributed by atoms with Gasteiger partial charge in [-0.3, -0.25) is 4.98 Å². The SMILES string of the molecule is COc1cc(Nc2c(C#N)cnc3cc(-c4ccc(CN(C)CCCN(C)C)cc4)sc23)c(Cl)cc1Cl. The summed E-state index contributed by atoms with van der Waals surface area (Å²) in [6.07, 6.45) is 2.73. The van der Waals surface area contributed by atoms with Crippen LogP contribution < -0.4 is 10.1 Å². The third kappa shape index (κ3) is 6.53. The maximum atomic E-state index is 9.77. The number of hydrogen-bond acceptors (Lipinski definition) is 7. The van der Waals surface area contributed by atoms with E-state index in [0.717, 1.165) is 46.7 Å². The minimum atomic E-state index is 0.417. The molecule has 0 radical (unpaired) electrons. The molecule has 4 rings (SSSR count). The molecular weight excluding hydrogens is 525 g/mol. The summed E-state index contributed by atoms with van der Waals surface area (Å²) in [5, 5.41) is 13.9. The van der Waals surface area contributed by atoms with Crippen LogP contribution in [0.1, 0.15) is 17.5 Å². The van der Waals surface area contributed by atoms with Gasteiger partial charge in [-0.15, -0.1) is 11.3 Å². The highest BCUT2D eigenvalue weighted by Gasteiger charge is 2.16. The van der Waals surface area contributed by atoms with Crippen molar-refractivity contribution in [2.24, 2.45) is 0 Å². The monoisotopic (exact) mass is 553 g/mol. The molecule has 0 aliphatic heterocycles. The number of rotatable bonds is 10. The summed E-state index contributed by atoms with van der Waals surface area (Å²) >= 11 is 14.2. The first-order chi connectivity index (χ1) is 17.8. The quantitative estimate of drug-likeness (QED) is 0.222. The first-order valence-electron chi connectivity index (χ1n) is 11.8. The Morgan fingerprint density at radius 1 is 1.05 bits per heavy atom. The number of halogens is 2. The van der Waals surface area contributed by atoms with Crippen molar-refractivity contribution in [3.8, 4) is 22.3 Å². The van der Waals surface area contributed by atoms with Gasteiger partial charge < -0.3 is 19.9 Å². The van der Waals surface area contributed by atoms with Crippen LogP contribution in [0.4, 0.5) is 11.4 Å². The Kier molecular flexibility index (Phi) is 8.91. The van der Waals surface area contributed by atoms with Gasteiger partial charge in [0, 0.05) is 23.7 Å². The van der Waals surface area contributed by atoms with Crippen LogP contribution in [0.5, 0.6) is 5.75 Å². The number of nitrogens with zero attached hydrogens (tertiary/aromatic N) is 4. The normalized spacial score (nSPS) is 11.3. The standard InChI is InChI=1S/C28H29Cl2N5OS/c1-34(2)10-5-11-35(3)17-18-6-8-19(9-7-18)26-14-24-28(37-26)27(20(15-31)16-32-24)33-23-13-25(36-4)22(30)12-21(23)29/h6-9,12-14,16H,5,10-11,17H2,1-4H3,(H,32,33). The number of nitriles is 1. The predicted molar refractivity (Wildman–Crippen MR) is 156 cm³/mol. The van der Waals surface area contributed by atoms with Gasteiger partial charge >= 0.3 is 0 Å². The van der Waals surface area contributed by atoms with Gasteiger partial charge in [-0.2, -0.15) is 5.26 Å². The topological polar surface area (TPSA) is 64.4 Å². The molecule has 0 atom stereocenters. The molecule has 4 aromatic rings. The average molecular weight is 555 g/mol. The third-order valence-corrected chi connectivity index (χ3v) is 7.80. The van der Waals surface area contributed by atoms with E-state index in [1.54, 1.807) is 36.8 Å². The fourth-order valence-corrected chi connectivity index (χ4v) is 5.70. The van der Waals surface area contributed by atoms with E-state index >= 15 is 0 Å². The Bertz CT molecular complexity index is 1430. The van der Waals surface area contributed by atoms with Crippen LogP contribution in [-0.2, 0) is 6.54 Å². The molecule has 0 bridgehead atoms. The summed E-state index contributed by atoms with van der Waals surface area (Å²) in [5.74, 6) is 0.493. The third-order valence-electron chi connectivity index (χ3n) is 6.00. The Hall–Kier alpha value is -2.86. The second-order valence-electron chi connectivity index (χ2n) is 9.17. The van der Waals surface area contributed by atoms with Crippen LogP contribution >= 0.6 is 34.5 Å². The molecule has 0 saturated heterocycles. The lowest BCUT2D eigenvalue weighted by Gasteiger charge is -2.18. The molecule has 37 heavy (non-hydrogen) atoms. The molecule has 9 heteroatoms. The largest absolute Gasteiger partial charge is 0.495 e. The number of nitrogens with one attached hydrogen (secondary N) is 1. The number of anilines is 2. The number of aromatic nitrogens is 1. The van der Waals surface area contributed by atoms with Crippen LogP contribution in [0.25, 0.3) is 20.7 Å². The zero-order valence-corrected chi connectivity index (χ0v) is 23.6. The predicted octanol–water partition coefficient (Wildman–Crippen LogP) is 7.28. The Morgan fingerprint density at radius 3 is 2.49 bits per heavy atom. The molecular formula is C28H29Cl2N5OS. The molecule has 2 heterocycles. The first kappa shape index (κ1) is 27.2. The molecule has 0 saturated carbocycles. The summed E-state index contributed by atoms with van der Waals surface area (Å²) < 4.78 is 6.21. The van der Waals surface area contributed by atoms with Crippen molar-refractivity contribution in [1.82, 2.24) is 14.8 Å². The smallest absolute Gasteiger partial charge is 0.139 e. The molecule has 0 amide bonds. The maximum Gasteiger partial charge on any atom is 0.139 e. The number of ether oxygens (including phenoxy) is 1. The molecule has 6 nitrogen and oxygen atoms in total. The molecule has 0 unspecified atom stereocenters. The molecule has 0 spiro atoms. The fourth-order valence-electron chi connectivity index (χ4n) is 4.07. The van der Waals surface area contributed by atoms with E-state index in [2.05, 4.69) is 77.6 Å². The highest BCUT2D eigenvalue weighted by atomic mass is 35.5. The van der Waals surface area contributed by atoms with Crippen molar-refractivity contribution in [1.29, 1.82) is 5.26 Å². The van der Waals surface area contributed by atoms with Crippen LogP contribution in [0.2, 0.25) is 10.0 Å². The highest BCUT2D eigenvalue weighted by molar-refractivity contribution is 7.22. The Labute approximate surface area is 232 Å².